The van der Waals surface area contributed by atoms with Crippen LogP contribution in [0.5, 0.6) is 5.75 Å². The monoisotopic (exact) mass is 612 g/mol. The molecule has 3 aliphatic rings. The van der Waals surface area contributed by atoms with Crippen molar-refractivity contribution in [3.63, 3.8) is 0 Å². The van der Waals surface area contributed by atoms with E-state index >= 15 is 0 Å². The van der Waals surface area contributed by atoms with Crippen LogP contribution in [-0.2, 0) is 6.54 Å². The Balaban J connectivity index is 0.966. The molecule has 0 bridgehead atoms. The van der Waals surface area contributed by atoms with Gasteiger partial charge < -0.3 is 20.2 Å². The van der Waals surface area contributed by atoms with Gasteiger partial charge in [0, 0.05) is 69.3 Å². The van der Waals surface area contributed by atoms with Crippen molar-refractivity contribution in [2.24, 2.45) is 5.92 Å². The van der Waals surface area contributed by atoms with Gasteiger partial charge in [-0.05, 0) is 101 Å². The molecule has 1 amide bonds. The number of anilines is 2. The fourth-order valence-electron chi connectivity index (χ4n) is 7.49. The number of hydrogen-bond donors (Lipinski definition) is 2. The summed E-state index contributed by atoms with van der Waals surface area (Å²) in [4.78, 5) is 19.6. The zero-order valence-electron chi connectivity index (χ0n) is 26.8. The van der Waals surface area contributed by atoms with Gasteiger partial charge in [0.1, 0.15) is 5.75 Å². The van der Waals surface area contributed by atoms with E-state index in [0.29, 0.717) is 6.54 Å². The van der Waals surface area contributed by atoms with E-state index in [1.807, 2.05) is 18.2 Å². The Morgan fingerprint density at radius 1 is 0.739 bits per heavy atom. The Morgan fingerprint density at radius 2 is 1.37 bits per heavy atom. The number of hydrogen-bond acceptors (Lipinski definition) is 5. The predicted octanol–water partition coefficient (Wildman–Crippen LogP) is 7.04. The lowest BCUT2D eigenvalue weighted by Crippen LogP contribution is -2.49. The third-order valence-electron chi connectivity index (χ3n) is 10.1. The van der Waals surface area contributed by atoms with Gasteiger partial charge in [0.15, 0.2) is 0 Å². The summed E-state index contributed by atoms with van der Waals surface area (Å²) in [6.07, 6.45) is 3.36. The molecule has 7 rings (SSSR count). The van der Waals surface area contributed by atoms with Crippen molar-refractivity contribution in [1.29, 1.82) is 0 Å². The minimum Gasteiger partial charge on any atom is -0.508 e. The van der Waals surface area contributed by atoms with Crippen molar-refractivity contribution in [1.82, 2.24) is 10.2 Å². The summed E-state index contributed by atoms with van der Waals surface area (Å²) < 4.78 is 0. The van der Waals surface area contributed by atoms with Crippen molar-refractivity contribution < 1.29 is 9.90 Å². The molecule has 3 aliphatic heterocycles. The Kier molecular flexibility index (Phi) is 8.80. The lowest BCUT2D eigenvalue weighted by Gasteiger charge is -2.40. The molecule has 46 heavy (non-hydrogen) atoms. The lowest BCUT2D eigenvalue weighted by molar-refractivity contribution is 0.0965. The number of piperazine rings is 1. The molecule has 4 aromatic rings. The van der Waals surface area contributed by atoms with E-state index in [1.165, 1.54) is 53.0 Å². The van der Waals surface area contributed by atoms with Crippen LogP contribution in [0.4, 0.5) is 11.4 Å². The van der Waals surface area contributed by atoms with Gasteiger partial charge in [-0.2, -0.15) is 0 Å². The zero-order valence-corrected chi connectivity index (χ0v) is 26.8. The molecule has 236 valence electrons. The molecule has 4 aromatic carbocycles. The molecule has 2 fully saturated rings. The average Bonchev–Trinajstić information content (AvgIpc) is 3.48. The smallest absolute Gasteiger partial charge is 0.251 e. The second-order valence-electron chi connectivity index (χ2n) is 12.9. The van der Waals surface area contributed by atoms with Crippen LogP contribution in [0.3, 0.4) is 0 Å². The van der Waals surface area contributed by atoms with Gasteiger partial charge in [-0.1, -0.05) is 61.5 Å². The molecule has 0 unspecified atom stereocenters. The number of nitrogens with zero attached hydrogens (tertiary/aromatic N) is 3. The number of fused-ring (bicyclic) bond motifs is 1. The summed E-state index contributed by atoms with van der Waals surface area (Å²) in [5, 5.41) is 12.9. The lowest BCUT2D eigenvalue weighted by atomic mass is 9.88. The number of carbonyl (C=O) groups is 1. The first-order valence-electron chi connectivity index (χ1n) is 16.9. The van der Waals surface area contributed by atoms with Gasteiger partial charge in [-0.15, -0.1) is 0 Å². The van der Waals surface area contributed by atoms with E-state index < -0.39 is 0 Å². The zero-order chi connectivity index (χ0) is 31.5. The van der Waals surface area contributed by atoms with E-state index in [0.717, 1.165) is 68.3 Å². The second-order valence-corrected chi connectivity index (χ2v) is 12.9. The van der Waals surface area contributed by atoms with Crippen molar-refractivity contribution in [2.45, 2.75) is 32.7 Å². The molecule has 0 radical (unpaired) electrons. The minimum absolute atomic E-state index is 0.0516. The fraction of sp³-hybridized carbons (Fsp3) is 0.325. The molecule has 2 N–H and O–H groups in total. The number of rotatable bonds is 8. The number of benzene rings is 4. The number of phenols is 1. The fourth-order valence-corrected chi connectivity index (χ4v) is 7.49. The number of allylic oxidation sites excluding steroid dienone is 1. The molecule has 0 aliphatic carbocycles. The Morgan fingerprint density at radius 3 is 2.04 bits per heavy atom. The normalized spacial score (nSPS) is 17.9. The van der Waals surface area contributed by atoms with Crippen molar-refractivity contribution >= 4 is 28.4 Å². The molecule has 0 atom stereocenters. The van der Waals surface area contributed by atoms with Gasteiger partial charge >= 0.3 is 0 Å². The maximum absolute atomic E-state index is 11.9. The average molecular weight is 613 g/mol. The molecular weight excluding hydrogens is 568 g/mol. The highest BCUT2D eigenvalue weighted by Gasteiger charge is 2.26. The molecular formula is C40H44N4O2. The molecule has 0 spiro atoms. The molecule has 0 saturated carbocycles. The Bertz CT molecular complexity index is 1680. The van der Waals surface area contributed by atoms with Crippen molar-refractivity contribution in [3.05, 3.63) is 125 Å². The molecule has 3 heterocycles. The second kappa shape index (κ2) is 13.4. The van der Waals surface area contributed by atoms with Crippen molar-refractivity contribution in [3.8, 4) is 5.75 Å². The van der Waals surface area contributed by atoms with Crippen LogP contribution < -0.4 is 15.1 Å². The third-order valence-corrected chi connectivity index (χ3v) is 10.1. The first kappa shape index (κ1) is 30.1. The van der Waals surface area contributed by atoms with Gasteiger partial charge in [-0.3, -0.25) is 9.69 Å². The molecule has 6 heteroatoms. The highest BCUT2D eigenvalue weighted by Crippen LogP contribution is 2.36. The summed E-state index contributed by atoms with van der Waals surface area (Å²) in [6, 6.07) is 33.7. The van der Waals surface area contributed by atoms with Crippen molar-refractivity contribution in [2.75, 3.05) is 55.6 Å². The van der Waals surface area contributed by atoms with Gasteiger partial charge in [0.2, 0.25) is 0 Å². The van der Waals surface area contributed by atoms with Crippen LogP contribution in [0.25, 0.3) is 11.1 Å². The van der Waals surface area contributed by atoms with E-state index in [9.17, 15) is 9.90 Å². The molecule has 6 nitrogen and oxygen atoms in total. The third kappa shape index (κ3) is 6.40. The Labute approximate surface area is 273 Å². The maximum atomic E-state index is 11.9. The molecule has 0 aromatic heterocycles. The van der Waals surface area contributed by atoms with Gasteiger partial charge in [0.25, 0.3) is 5.91 Å². The van der Waals surface area contributed by atoms with Gasteiger partial charge in [-0.25, -0.2) is 0 Å². The van der Waals surface area contributed by atoms with Crippen LogP contribution in [0.2, 0.25) is 0 Å². The summed E-state index contributed by atoms with van der Waals surface area (Å²) in [5.41, 5.74) is 10.6. The number of aromatic hydroxyl groups is 1. The number of carbonyl (C=O) groups excluding carboxylic acids is 1. The summed E-state index contributed by atoms with van der Waals surface area (Å²) in [5.74, 6) is 1.08. The number of phenolic OH excluding ortho intramolecular Hbond substituents is 1. The summed E-state index contributed by atoms with van der Waals surface area (Å²) in [7, 11) is 0. The Hall–Kier alpha value is -4.55. The number of piperidine rings is 1. The highest BCUT2D eigenvalue weighted by molar-refractivity contribution is 5.99. The predicted molar refractivity (Wildman–Crippen MR) is 188 cm³/mol. The topological polar surface area (TPSA) is 59.1 Å². The summed E-state index contributed by atoms with van der Waals surface area (Å²) in [6.45, 7) is 10.5. The minimum atomic E-state index is 0.0516. The van der Waals surface area contributed by atoms with Crippen LogP contribution in [0, 0.1) is 5.92 Å². The largest absolute Gasteiger partial charge is 0.508 e. The van der Waals surface area contributed by atoms with E-state index in [4.69, 9.17) is 0 Å². The maximum Gasteiger partial charge on any atom is 0.251 e. The van der Waals surface area contributed by atoms with Crippen LogP contribution in [0.15, 0.2) is 97.1 Å². The quantitative estimate of drug-likeness (QED) is 0.209. The number of nitrogens with one attached hydrogen (secondary N) is 1. The van der Waals surface area contributed by atoms with Crippen LogP contribution >= 0.6 is 0 Å². The van der Waals surface area contributed by atoms with Crippen LogP contribution in [0.1, 0.15) is 58.8 Å². The standard InChI is InChI=1S/C40H44N4O2/c1-2-37(30-6-4-3-5-7-30)39(32-10-15-36(45)16-11-32)31-8-12-34(13-9-31)43-20-18-29(19-21-43)28-42-22-24-44(25-23-42)35-14-17-38-33(26-35)27-41-40(38)46/h3-17,26,29,45H,2,18-25,27-28H2,1H3,(H,41,46)/b39-37+. The van der Waals surface area contributed by atoms with E-state index in [-0.39, 0.29) is 11.7 Å². The van der Waals surface area contributed by atoms with E-state index in [2.05, 4.69) is 93.7 Å². The van der Waals surface area contributed by atoms with E-state index in [1.54, 1.807) is 12.1 Å². The highest BCUT2D eigenvalue weighted by atomic mass is 16.3. The van der Waals surface area contributed by atoms with Gasteiger partial charge in [0.05, 0.1) is 0 Å². The summed E-state index contributed by atoms with van der Waals surface area (Å²) >= 11 is 0. The molecule has 2 saturated heterocycles. The first-order valence-corrected chi connectivity index (χ1v) is 16.9. The number of amides is 1. The SMILES string of the molecule is CC/C(=C(\c1ccc(O)cc1)c1ccc(N2CCC(CN3CCN(c4ccc5c(c4)CNC5=O)CC3)CC2)cc1)c1ccccc1. The van der Waals surface area contributed by atoms with Crippen LogP contribution in [-0.4, -0.2) is 61.7 Å². The first-order chi connectivity index (χ1) is 22.6.